The van der Waals surface area contributed by atoms with Crippen molar-refractivity contribution in [2.75, 3.05) is 11.9 Å². The Bertz CT molecular complexity index is 868. The zero-order valence-corrected chi connectivity index (χ0v) is 16.7. The zero-order valence-electron chi connectivity index (χ0n) is 13.7. The second-order valence-electron chi connectivity index (χ2n) is 5.92. The molecule has 124 valence electrons. The summed E-state index contributed by atoms with van der Waals surface area (Å²) in [6.07, 6.45) is 0.934. The summed E-state index contributed by atoms with van der Waals surface area (Å²) in [5.41, 5.74) is 6.08. The molecule has 0 amide bonds. The number of fused-ring (bicyclic) bond motifs is 1. The van der Waals surface area contributed by atoms with Crippen molar-refractivity contribution in [1.29, 1.82) is 0 Å². The number of rotatable bonds is 4. The van der Waals surface area contributed by atoms with Gasteiger partial charge in [-0.2, -0.15) is 0 Å². The molecule has 3 aromatic rings. The Kier molecular flexibility index (Phi) is 5.40. The summed E-state index contributed by atoms with van der Waals surface area (Å²) in [7, 11) is 0. The minimum absolute atomic E-state index is 0.657. The van der Waals surface area contributed by atoms with Crippen LogP contribution in [0.5, 0.6) is 0 Å². The van der Waals surface area contributed by atoms with Gasteiger partial charge in [0.15, 0.2) is 5.11 Å². The topological polar surface area (TPSA) is 39.9 Å². The Morgan fingerprint density at radius 3 is 2.62 bits per heavy atom. The number of aryl methyl sites for hydroxylation is 2. The van der Waals surface area contributed by atoms with E-state index in [1.807, 2.05) is 12.1 Å². The van der Waals surface area contributed by atoms with Gasteiger partial charge in [0.2, 0.25) is 0 Å². The highest BCUT2D eigenvalue weighted by atomic mass is 127. The minimum atomic E-state index is 0.657. The average Bonchev–Trinajstić information content (AvgIpc) is 2.85. The van der Waals surface area contributed by atoms with Crippen LogP contribution < -0.4 is 10.6 Å². The van der Waals surface area contributed by atoms with Gasteiger partial charge in [-0.3, -0.25) is 0 Å². The van der Waals surface area contributed by atoms with Crippen molar-refractivity contribution in [3.8, 4) is 0 Å². The normalized spacial score (nSPS) is 10.8. The van der Waals surface area contributed by atoms with Gasteiger partial charge in [0, 0.05) is 32.4 Å². The van der Waals surface area contributed by atoms with E-state index in [1.54, 1.807) is 0 Å². The highest BCUT2D eigenvalue weighted by molar-refractivity contribution is 14.1. The Hall–Kier alpha value is -1.60. The quantitative estimate of drug-likeness (QED) is 0.391. The van der Waals surface area contributed by atoms with Crippen LogP contribution in [0.2, 0.25) is 0 Å². The molecule has 0 aliphatic heterocycles. The van der Waals surface area contributed by atoms with Gasteiger partial charge in [0.1, 0.15) is 0 Å². The molecule has 2 aromatic carbocycles. The van der Waals surface area contributed by atoms with Crippen molar-refractivity contribution in [3.05, 3.63) is 62.9 Å². The number of nitrogens with one attached hydrogen (secondary N) is 3. The molecule has 0 aliphatic carbocycles. The van der Waals surface area contributed by atoms with Crippen molar-refractivity contribution in [1.82, 2.24) is 10.3 Å². The van der Waals surface area contributed by atoms with E-state index in [2.05, 4.69) is 82.4 Å². The Labute approximate surface area is 161 Å². The second-order valence-corrected chi connectivity index (χ2v) is 7.57. The molecule has 0 bridgehead atoms. The van der Waals surface area contributed by atoms with Crippen molar-refractivity contribution in [2.24, 2.45) is 0 Å². The highest BCUT2D eigenvalue weighted by Crippen LogP contribution is 2.23. The largest absolute Gasteiger partial charge is 0.362 e. The van der Waals surface area contributed by atoms with Gasteiger partial charge in [-0.25, -0.2) is 0 Å². The first-order chi connectivity index (χ1) is 11.5. The van der Waals surface area contributed by atoms with Gasteiger partial charge in [-0.1, -0.05) is 11.6 Å². The van der Waals surface area contributed by atoms with E-state index in [0.29, 0.717) is 5.11 Å². The third-order valence-corrected chi connectivity index (χ3v) is 5.00. The first-order valence-corrected chi connectivity index (χ1v) is 9.40. The van der Waals surface area contributed by atoms with Crippen molar-refractivity contribution >= 4 is 56.5 Å². The molecule has 0 unspecified atom stereocenters. The summed E-state index contributed by atoms with van der Waals surface area (Å²) in [5, 5.41) is 8.48. The Balaban J connectivity index is 1.60. The van der Waals surface area contributed by atoms with Crippen LogP contribution in [-0.2, 0) is 6.42 Å². The van der Waals surface area contributed by atoms with Gasteiger partial charge in [0.05, 0.1) is 0 Å². The molecule has 3 nitrogen and oxygen atoms in total. The van der Waals surface area contributed by atoms with E-state index in [-0.39, 0.29) is 0 Å². The third kappa shape index (κ3) is 4.08. The van der Waals surface area contributed by atoms with Crippen molar-refractivity contribution < 1.29 is 0 Å². The lowest BCUT2D eigenvalue weighted by Gasteiger charge is -2.11. The molecular formula is C19H20IN3S. The monoisotopic (exact) mass is 449 g/mol. The fraction of sp³-hybridized carbons (Fsp3) is 0.211. The van der Waals surface area contributed by atoms with Gasteiger partial charge in [-0.05, 0) is 97.0 Å². The second kappa shape index (κ2) is 7.53. The first kappa shape index (κ1) is 17.2. The van der Waals surface area contributed by atoms with E-state index in [1.165, 1.54) is 31.3 Å². The highest BCUT2D eigenvalue weighted by Gasteiger charge is 2.08. The molecular weight excluding hydrogens is 429 g/mol. The predicted molar refractivity (Wildman–Crippen MR) is 115 cm³/mol. The number of hydrogen-bond donors (Lipinski definition) is 3. The Morgan fingerprint density at radius 2 is 1.88 bits per heavy atom. The van der Waals surface area contributed by atoms with Crippen LogP contribution >= 0.6 is 34.8 Å². The number of hydrogen-bond acceptors (Lipinski definition) is 1. The van der Waals surface area contributed by atoms with Crippen LogP contribution in [0.25, 0.3) is 10.9 Å². The molecule has 0 spiro atoms. The van der Waals surface area contributed by atoms with Crippen LogP contribution in [0.1, 0.15) is 16.8 Å². The summed E-state index contributed by atoms with van der Waals surface area (Å²) in [5.74, 6) is 0. The van der Waals surface area contributed by atoms with Crippen LogP contribution in [-0.4, -0.2) is 16.6 Å². The molecule has 1 aromatic heterocycles. The number of thiocarbonyl (C=S) groups is 1. The molecule has 0 saturated heterocycles. The van der Waals surface area contributed by atoms with Gasteiger partial charge in [-0.15, -0.1) is 0 Å². The number of anilines is 1. The molecule has 0 aliphatic rings. The molecule has 1 heterocycles. The van der Waals surface area contributed by atoms with Crippen LogP contribution in [0.3, 0.4) is 0 Å². The van der Waals surface area contributed by atoms with E-state index in [9.17, 15) is 0 Å². The molecule has 3 rings (SSSR count). The van der Waals surface area contributed by atoms with Gasteiger partial charge in [0.25, 0.3) is 0 Å². The molecule has 0 saturated carbocycles. The number of H-pyrrole nitrogens is 1. The van der Waals surface area contributed by atoms with Crippen LogP contribution in [0.15, 0.2) is 42.5 Å². The van der Waals surface area contributed by atoms with Gasteiger partial charge < -0.3 is 15.6 Å². The lowest BCUT2D eigenvalue weighted by Crippen LogP contribution is -2.30. The molecule has 0 atom stereocenters. The van der Waals surface area contributed by atoms with Gasteiger partial charge >= 0.3 is 0 Å². The lowest BCUT2D eigenvalue weighted by atomic mass is 10.1. The molecule has 5 heteroatoms. The molecule has 0 fully saturated rings. The van der Waals surface area contributed by atoms with Crippen molar-refractivity contribution in [3.63, 3.8) is 0 Å². The molecule has 24 heavy (non-hydrogen) atoms. The number of benzene rings is 2. The fourth-order valence-corrected chi connectivity index (χ4v) is 3.41. The smallest absolute Gasteiger partial charge is 0.170 e. The van der Waals surface area contributed by atoms with Crippen molar-refractivity contribution in [2.45, 2.75) is 20.3 Å². The number of halogens is 1. The van der Waals surface area contributed by atoms with E-state index in [4.69, 9.17) is 12.2 Å². The third-order valence-electron chi connectivity index (χ3n) is 4.04. The summed E-state index contributed by atoms with van der Waals surface area (Å²) in [4.78, 5) is 3.46. The van der Waals surface area contributed by atoms with Crippen LogP contribution in [0, 0.1) is 17.4 Å². The van der Waals surface area contributed by atoms with E-state index in [0.717, 1.165) is 18.7 Å². The minimum Gasteiger partial charge on any atom is -0.362 e. The van der Waals surface area contributed by atoms with E-state index < -0.39 is 0 Å². The maximum atomic E-state index is 5.38. The molecule has 0 radical (unpaired) electrons. The predicted octanol–water partition coefficient (Wildman–Crippen LogP) is 4.92. The maximum Gasteiger partial charge on any atom is 0.170 e. The summed E-state index contributed by atoms with van der Waals surface area (Å²) < 4.78 is 1.21. The maximum absolute atomic E-state index is 5.38. The molecule has 3 N–H and O–H groups in total. The van der Waals surface area contributed by atoms with Crippen LogP contribution in [0.4, 0.5) is 5.69 Å². The zero-order chi connectivity index (χ0) is 17.1. The summed E-state index contributed by atoms with van der Waals surface area (Å²) in [6, 6.07) is 14.7. The fourth-order valence-electron chi connectivity index (χ4n) is 2.83. The number of aromatic amines is 1. The standard InChI is InChI=1S/C19H20IN3S/c1-12-3-8-18-17(11-12)16(13(2)22-18)9-10-21-19(24)23-15-6-4-14(20)5-7-15/h3-8,11,22H,9-10H2,1-2H3,(H2,21,23,24). The van der Waals surface area contributed by atoms with E-state index >= 15 is 0 Å². The first-order valence-electron chi connectivity index (χ1n) is 7.91. The summed E-state index contributed by atoms with van der Waals surface area (Å²) >= 11 is 7.67. The summed E-state index contributed by atoms with van der Waals surface area (Å²) in [6.45, 7) is 5.06. The number of aromatic nitrogens is 1. The average molecular weight is 449 g/mol. The Morgan fingerprint density at radius 1 is 1.12 bits per heavy atom. The SMILES string of the molecule is Cc1ccc2[nH]c(C)c(CCNC(=S)Nc3ccc(I)cc3)c2c1. The lowest BCUT2D eigenvalue weighted by molar-refractivity contribution is 0.871.